The molecule has 1 saturated heterocycles. The summed E-state index contributed by atoms with van der Waals surface area (Å²) in [4.78, 5) is 37.6. The Kier molecular flexibility index (Phi) is 4.46. The van der Waals surface area contributed by atoms with E-state index in [0.717, 1.165) is 23.1 Å². The van der Waals surface area contributed by atoms with Gasteiger partial charge in [0, 0.05) is 5.56 Å². The standard InChI is InChI=1S/C18H16F2N2O5/c1-9-12(15(23)26-3)7-11(27-9)8-22-16(24)18(2,21-17(22)25)13-6-10(19)4-5-14(13)20/h4-7H,8H2,1-3H3,(H,21,25)/t18-/m0/s1. The summed E-state index contributed by atoms with van der Waals surface area (Å²) in [6.45, 7) is 2.54. The van der Waals surface area contributed by atoms with Crippen LogP contribution in [0.3, 0.4) is 0 Å². The Hall–Kier alpha value is -3.23. The molecule has 3 rings (SSSR count). The van der Waals surface area contributed by atoms with Crippen LogP contribution < -0.4 is 5.32 Å². The van der Waals surface area contributed by atoms with Crippen LogP contribution >= 0.6 is 0 Å². The number of hydrogen-bond acceptors (Lipinski definition) is 5. The van der Waals surface area contributed by atoms with Crippen molar-refractivity contribution in [2.24, 2.45) is 0 Å². The number of nitrogens with one attached hydrogen (secondary N) is 1. The summed E-state index contributed by atoms with van der Waals surface area (Å²) < 4.78 is 37.7. The van der Waals surface area contributed by atoms with E-state index in [9.17, 15) is 23.2 Å². The Morgan fingerprint density at radius 2 is 2.00 bits per heavy atom. The fraction of sp³-hybridized carbons (Fsp3) is 0.278. The lowest BCUT2D eigenvalue weighted by molar-refractivity contribution is -0.131. The predicted molar refractivity (Wildman–Crippen MR) is 87.6 cm³/mol. The van der Waals surface area contributed by atoms with Gasteiger partial charge in [-0.2, -0.15) is 0 Å². The molecule has 0 saturated carbocycles. The van der Waals surface area contributed by atoms with Gasteiger partial charge < -0.3 is 14.5 Å². The topological polar surface area (TPSA) is 88.9 Å². The first kappa shape index (κ1) is 18.6. The number of furan rings is 1. The average Bonchev–Trinajstić information content (AvgIpc) is 3.09. The minimum absolute atomic E-state index is 0.165. The molecule has 142 valence electrons. The van der Waals surface area contributed by atoms with Crippen LogP contribution in [0.2, 0.25) is 0 Å². The van der Waals surface area contributed by atoms with E-state index in [2.05, 4.69) is 10.1 Å². The van der Waals surface area contributed by atoms with Crippen molar-refractivity contribution in [3.8, 4) is 0 Å². The van der Waals surface area contributed by atoms with Gasteiger partial charge in [-0.15, -0.1) is 0 Å². The number of benzene rings is 1. The zero-order valence-electron chi connectivity index (χ0n) is 14.8. The number of carbonyl (C=O) groups is 3. The van der Waals surface area contributed by atoms with Gasteiger partial charge in [0.25, 0.3) is 5.91 Å². The second kappa shape index (κ2) is 6.49. The summed E-state index contributed by atoms with van der Waals surface area (Å²) in [7, 11) is 1.21. The van der Waals surface area contributed by atoms with Crippen molar-refractivity contribution >= 4 is 17.9 Å². The highest BCUT2D eigenvalue weighted by Crippen LogP contribution is 2.32. The summed E-state index contributed by atoms with van der Waals surface area (Å²) in [6, 6.07) is 3.24. The molecular formula is C18H16F2N2O5. The van der Waals surface area contributed by atoms with Crippen LogP contribution in [0, 0.1) is 18.6 Å². The molecular weight excluding hydrogens is 362 g/mol. The molecule has 9 heteroatoms. The number of halogens is 2. The first-order chi connectivity index (χ1) is 12.7. The smallest absolute Gasteiger partial charge is 0.341 e. The third-order valence-electron chi connectivity index (χ3n) is 4.43. The Labute approximate surface area is 152 Å². The van der Waals surface area contributed by atoms with E-state index in [-0.39, 0.29) is 29.2 Å². The van der Waals surface area contributed by atoms with E-state index in [4.69, 9.17) is 4.42 Å². The van der Waals surface area contributed by atoms with Crippen molar-refractivity contribution in [2.45, 2.75) is 25.9 Å². The molecule has 1 fully saturated rings. The van der Waals surface area contributed by atoms with Gasteiger partial charge in [-0.1, -0.05) is 0 Å². The molecule has 1 N–H and O–H groups in total. The molecule has 1 aromatic heterocycles. The number of imide groups is 1. The third-order valence-corrected chi connectivity index (χ3v) is 4.43. The largest absolute Gasteiger partial charge is 0.465 e. The Balaban J connectivity index is 1.91. The monoisotopic (exact) mass is 378 g/mol. The Morgan fingerprint density at radius 3 is 2.67 bits per heavy atom. The number of amides is 3. The molecule has 0 spiro atoms. The van der Waals surface area contributed by atoms with E-state index in [1.54, 1.807) is 0 Å². The quantitative estimate of drug-likeness (QED) is 0.653. The molecule has 0 unspecified atom stereocenters. The number of nitrogens with zero attached hydrogens (tertiary/aromatic N) is 1. The highest BCUT2D eigenvalue weighted by atomic mass is 19.1. The van der Waals surface area contributed by atoms with Crippen molar-refractivity contribution in [2.75, 3.05) is 7.11 Å². The Bertz CT molecular complexity index is 955. The van der Waals surface area contributed by atoms with Crippen LogP contribution in [0.15, 0.2) is 28.7 Å². The van der Waals surface area contributed by atoms with E-state index in [1.807, 2.05) is 0 Å². The van der Waals surface area contributed by atoms with E-state index >= 15 is 0 Å². The molecule has 0 radical (unpaired) electrons. The zero-order chi connectivity index (χ0) is 19.9. The van der Waals surface area contributed by atoms with Gasteiger partial charge in [-0.3, -0.25) is 9.69 Å². The van der Waals surface area contributed by atoms with E-state index in [0.29, 0.717) is 0 Å². The average molecular weight is 378 g/mol. The van der Waals surface area contributed by atoms with Gasteiger partial charge in [0.2, 0.25) is 0 Å². The van der Waals surface area contributed by atoms with E-state index < -0.39 is 35.1 Å². The van der Waals surface area contributed by atoms with Crippen LogP contribution in [0.25, 0.3) is 0 Å². The first-order valence-electron chi connectivity index (χ1n) is 7.94. The van der Waals surface area contributed by atoms with Gasteiger partial charge in [0.15, 0.2) is 0 Å². The molecule has 1 aliphatic rings. The second-order valence-corrected chi connectivity index (χ2v) is 6.24. The summed E-state index contributed by atoms with van der Waals surface area (Å²) in [5.74, 6) is -2.52. The van der Waals surface area contributed by atoms with Crippen LogP contribution in [0.5, 0.6) is 0 Å². The van der Waals surface area contributed by atoms with Gasteiger partial charge >= 0.3 is 12.0 Å². The number of rotatable bonds is 4. The van der Waals surface area contributed by atoms with Gasteiger partial charge in [0.05, 0.1) is 13.7 Å². The lowest BCUT2D eigenvalue weighted by Gasteiger charge is -2.22. The number of methoxy groups -OCH3 is 1. The summed E-state index contributed by atoms with van der Waals surface area (Å²) >= 11 is 0. The van der Waals surface area contributed by atoms with Crippen molar-refractivity contribution in [1.82, 2.24) is 10.2 Å². The molecule has 7 nitrogen and oxygen atoms in total. The molecule has 27 heavy (non-hydrogen) atoms. The summed E-state index contributed by atoms with van der Waals surface area (Å²) in [6.07, 6.45) is 0. The van der Waals surface area contributed by atoms with Crippen LogP contribution in [0.1, 0.15) is 34.4 Å². The summed E-state index contributed by atoms with van der Waals surface area (Å²) in [5.41, 5.74) is -1.89. The number of ether oxygens (including phenoxy) is 1. The fourth-order valence-electron chi connectivity index (χ4n) is 2.99. The molecule has 3 amide bonds. The van der Waals surface area contributed by atoms with Gasteiger partial charge in [-0.25, -0.2) is 18.4 Å². The number of carbonyl (C=O) groups excluding carboxylic acids is 3. The third kappa shape index (κ3) is 3.05. The van der Waals surface area contributed by atoms with Gasteiger partial charge in [-0.05, 0) is 38.1 Å². The maximum Gasteiger partial charge on any atom is 0.341 e. The lowest BCUT2D eigenvalue weighted by atomic mass is 9.91. The van der Waals surface area contributed by atoms with Crippen LogP contribution in [0.4, 0.5) is 13.6 Å². The highest BCUT2D eigenvalue weighted by Gasteiger charge is 2.50. The molecule has 1 aliphatic heterocycles. The zero-order valence-corrected chi connectivity index (χ0v) is 14.8. The van der Waals surface area contributed by atoms with Crippen LogP contribution in [-0.4, -0.2) is 29.9 Å². The fourth-order valence-corrected chi connectivity index (χ4v) is 2.99. The number of urea groups is 1. The van der Waals surface area contributed by atoms with Gasteiger partial charge in [0.1, 0.15) is 34.3 Å². The molecule has 1 atom stereocenters. The number of esters is 1. The first-order valence-corrected chi connectivity index (χ1v) is 7.94. The molecule has 0 bridgehead atoms. The van der Waals surface area contributed by atoms with Crippen molar-refractivity contribution in [3.05, 3.63) is 58.5 Å². The molecule has 0 aliphatic carbocycles. The maximum absolute atomic E-state index is 14.1. The SMILES string of the molecule is COC(=O)c1cc(CN2C(=O)N[C@@](C)(c3cc(F)ccc3F)C2=O)oc1C. The van der Waals surface area contributed by atoms with E-state index in [1.165, 1.54) is 27.0 Å². The Morgan fingerprint density at radius 1 is 1.30 bits per heavy atom. The van der Waals surface area contributed by atoms with Crippen molar-refractivity contribution < 1.29 is 32.3 Å². The normalized spacial score (nSPS) is 19.4. The second-order valence-electron chi connectivity index (χ2n) is 6.24. The lowest BCUT2D eigenvalue weighted by Crippen LogP contribution is -2.41. The molecule has 1 aromatic carbocycles. The number of aryl methyl sites for hydroxylation is 1. The predicted octanol–water partition coefficient (Wildman–Crippen LogP) is 2.62. The highest BCUT2D eigenvalue weighted by molar-refractivity contribution is 6.07. The minimum Gasteiger partial charge on any atom is -0.465 e. The van der Waals surface area contributed by atoms with Crippen molar-refractivity contribution in [1.29, 1.82) is 0 Å². The minimum atomic E-state index is -1.77. The maximum atomic E-state index is 14.1. The molecule has 2 heterocycles. The molecule has 2 aromatic rings. The summed E-state index contributed by atoms with van der Waals surface area (Å²) in [5, 5.41) is 2.39. The number of hydrogen-bond donors (Lipinski definition) is 1. The van der Waals surface area contributed by atoms with Crippen molar-refractivity contribution in [3.63, 3.8) is 0 Å². The van der Waals surface area contributed by atoms with Crippen LogP contribution in [-0.2, 0) is 21.6 Å².